The van der Waals surface area contributed by atoms with Gasteiger partial charge in [-0.15, -0.1) is 0 Å². The van der Waals surface area contributed by atoms with Gasteiger partial charge < -0.3 is 11.5 Å². The number of rotatable bonds is 4. The molecule has 0 rings (SSSR count). The van der Waals surface area contributed by atoms with Crippen LogP contribution in [0, 0.1) is 39.9 Å². The lowest BCUT2D eigenvalue weighted by Gasteiger charge is -2.30. The van der Waals surface area contributed by atoms with E-state index in [0.29, 0.717) is 0 Å². The zero-order valence-corrected chi connectivity index (χ0v) is 8.52. The van der Waals surface area contributed by atoms with Crippen molar-refractivity contribution in [2.45, 2.75) is 13.8 Å². The van der Waals surface area contributed by atoms with Gasteiger partial charge >= 0.3 is 0 Å². The number of nitrogens with two attached hydrogens (primary N) is 2. The molecule has 0 aromatic heterocycles. The summed E-state index contributed by atoms with van der Waals surface area (Å²) in [6.45, 7) is 2.87. The maximum Gasteiger partial charge on any atom is 0.235 e. The van der Waals surface area contributed by atoms with Crippen LogP contribution in [0.25, 0.3) is 0 Å². The molecule has 0 aliphatic heterocycles. The Morgan fingerprint density at radius 2 is 1.33 bits per heavy atom. The molecule has 0 fully saturated rings. The van der Waals surface area contributed by atoms with Gasteiger partial charge in [-0.2, -0.15) is 10.5 Å². The number of nitrogens with zero attached hydrogens (tertiary/aromatic N) is 2. The van der Waals surface area contributed by atoms with E-state index >= 15 is 0 Å². The lowest BCUT2D eigenvalue weighted by atomic mass is 9.69. The van der Waals surface area contributed by atoms with Crippen LogP contribution >= 0.6 is 0 Å². The van der Waals surface area contributed by atoms with E-state index < -0.39 is 29.1 Å². The van der Waals surface area contributed by atoms with E-state index in [1.54, 1.807) is 12.1 Å². The van der Waals surface area contributed by atoms with E-state index in [9.17, 15) is 9.59 Å². The summed E-state index contributed by atoms with van der Waals surface area (Å²) in [7, 11) is 0. The largest absolute Gasteiger partial charge is 0.369 e. The van der Waals surface area contributed by atoms with E-state index in [0.717, 1.165) is 0 Å². The summed E-state index contributed by atoms with van der Waals surface area (Å²) < 4.78 is 0. The molecule has 0 bridgehead atoms. The van der Waals surface area contributed by atoms with Crippen LogP contribution in [0.5, 0.6) is 0 Å². The molecule has 6 nitrogen and oxygen atoms in total. The van der Waals surface area contributed by atoms with Crippen molar-refractivity contribution in [3.05, 3.63) is 0 Å². The van der Waals surface area contributed by atoms with Gasteiger partial charge in [0.05, 0.1) is 12.1 Å². The minimum Gasteiger partial charge on any atom is -0.369 e. The Balaban J connectivity index is 5.29. The van der Waals surface area contributed by atoms with E-state index in [1.165, 1.54) is 13.8 Å². The zero-order chi connectivity index (χ0) is 12.2. The molecule has 0 heterocycles. The van der Waals surface area contributed by atoms with Gasteiger partial charge in [-0.25, -0.2) is 0 Å². The van der Waals surface area contributed by atoms with Crippen LogP contribution in [0.3, 0.4) is 0 Å². The van der Waals surface area contributed by atoms with Crippen LogP contribution in [0.15, 0.2) is 0 Å². The maximum atomic E-state index is 11.0. The summed E-state index contributed by atoms with van der Waals surface area (Å²) in [5.74, 6) is -4.20. The lowest BCUT2D eigenvalue weighted by molar-refractivity contribution is -0.128. The molecule has 4 N–H and O–H groups in total. The van der Waals surface area contributed by atoms with E-state index in [4.69, 9.17) is 22.0 Å². The van der Waals surface area contributed by atoms with Crippen molar-refractivity contribution in [3.8, 4) is 12.1 Å². The Bertz CT molecular complexity index is 327. The van der Waals surface area contributed by atoms with E-state index in [2.05, 4.69) is 0 Å². The third-order valence-electron chi connectivity index (χ3n) is 2.32. The first-order valence-corrected chi connectivity index (χ1v) is 4.16. The van der Waals surface area contributed by atoms with Crippen molar-refractivity contribution >= 4 is 11.8 Å². The fraction of sp³-hybridized carbons (Fsp3) is 0.556. The normalized spacial score (nSPS) is 14.4. The van der Waals surface area contributed by atoms with Gasteiger partial charge in [0.25, 0.3) is 0 Å². The second-order valence-corrected chi connectivity index (χ2v) is 3.75. The molecule has 0 unspecified atom stereocenters. The van der Waals surface area contributed by atoms with Crippen molar-refractivity contribution in [3.63, 3.8) is 0 Å². The predicted octanol–water partition coefficient (Wildman–Crippen LogP) is -0.737. The summed E-state index contributed by atoms with van der Waals surface area (Å²) in [4.78, 5) is 21.9. The van der Waals surface area contributed by atoms with Gasteiger partial charge in [0.1, 0.15) is 11.8 Å². The number of nitriles is 2. The standard InChI is InChI=1S/C9H12N4O2/c1-9(2,5(3-10)7(12)14)6(4-11)8(13)15/h5-6H,1-2H3,(H2,12,14)(H2,13,15)/t5-,6-/m0/s1. The number of carbonyl (C=O) groups is 2. The average Bonchev–Trinajstić information content (AvgIpc) is 2.02. The van der Waals surface area contributed by atoms with Crippen LogP contribution in [-0.4, -0.2) is 11.8 Å². The molecule has 15 heavy (non-hydrogen) atoms. The number of primary amides is 2. The van der Waals surface area contributed by atoms with E-state index in [-0.39, 0.29) is 0 Å². The third-order valence-corrected chi connectivity index (χ3v) is 2.32. The van der Waals surface area contributed by atoms with Gasteiger partial charge in [0.15, 0.2) is 0 Å². The van der Waals surface area contributed by atoms with Crippen LogP contribution in [0.4, 0.5) is 0 Å². The molecule has 0 radical (unpaired) electrons. The molecule has 0 saturated carbocycles. The highest BCUT2D eigenvalue weighted by atomic mass is 16.1. The van der Waals surface area contributed by atoms with Crippen LogP contribution in [0.2, 0.25) is 0 Å². The van der Waals surface area contributed by atoms with Crippen molar-refractivity contribution < 1.29 is 9.59 Å². The number of hydrogen-bond acceptors (Lipinski definition) is 4. The molecule has 2 atom stereocenters. The Labute approximate surface area is 87.4 Å². The number of hydrogen-bond donors (Lipinski definition) is 2. The number of amides is 2. The number of carbonyl (C=O) groups excluding carboxylic acids is 2. The molecule has 0 aliphatic carbocycles. The Morgan fingerprint density at radius 1 is 1.07 bits per heavy atom. The fourth-order valence-corrected chi connectivity index (χ4v) is 1.36. The molecular weight excluding hydrogens is 196 g/mol. The van der Waals surface area contributed by atoms with Crippen molar-refractivity contribution in [2.75, 3.05) is 0 Å². The molecule has 6 heteroatoms. The zero-order valence-electron chi connectivity index (χ0n) is 8.52. The Hall–Kier alpha value is -2.08. The van der Waals surface area contributed by atoms with Gasteiger partial charge in [-0.05, 0) is 0 Å². The van der Waals surface area contributed by atoms with Crippen molar-refractivity contribution in [1.82, 2.24) is 0 Å². The van der Waals surface area contributed by atoms with Crippen LogP contribution in [0.1, 0.15) is 13.8 Å². The van der Waals surface area contributed by atoms with Crippen LogP contribution in [-0.2, 0) is 9.59 Å². The SMILES string of the molecule is CC(C)([C@@H](C#N)C(N)=O)[C@@H](C#N)C(N)=O. The Morgan fingerprint density at radius 3 is 1.47 bits per heavy atom. The smallest absolute Gasteiger partial charge is 0.235 e. The summed E-state index contributed by atoms with van der Waals surface area (Å²) in [6, 6.07) is 3.36. The van der Waals surface area contributed by atoms with Crippen molar-refractivity contribution in [2.24, 2.45) is 28.7 Å². The quantitative estimate of drug-likeness (QED) is 0.629. The first-order valence-electron chi connectivity index (χ1n) is 4.16. The molecule has 0 saturated heterocycles. The predicted molar refractivity (Wildman–Crippen MR) is 50.4 cm³/mol. The highest BCUT2D eigenvalue weighted by Gasteiger charge is 2.44. The lowest BCUT2D eigenvalue weighted by Crippen LogP contribution is -2.44. The van der Waals surface area contributed by atoms with E-state index in [1.807, 2.05) is 0 Å². The summed E-state index contributed by atoms with van der Waals surface area (Å²) in [5, 5.41) is 17.5. The third kappa shape index (κ3) is 2.44. The first kappa shape index (κ1) is 12.9. The maximum absolute atomic E-state index is 11.0. The van der Waals surface area contributed by atoms with Gasteiger partial charge in [-0.3, -0.25) is 9.59 Å². The summed E-state index contributed by atoms with van der Waals surface area (Å²) in [5.41, 5.74) is 8.81. The second kappa shape index (κ2) is 4.43. The molecule has 2 amide bonds. The van der Waals surface area contributed by atoms with Crippen LogP contribution < -0.4 is 11.5 Å². The summed E-state index contributed by atoms with van der Waals surface area (Å²) in [6.07, 6.45) is 0. The van der Waals surface area contributed by atoms with Gasteiger partial charge in [0, 0.05) is 5.41 Å². The van der Waals surface area contributed by atoms with Crippen molar-refractivity contribution in [1.29, 1.82) is 10.5 Å². The molecule has 0 aromatic rings. The summed E-state index contributed by atoms with van der Waals surface area (Å²) >= 11 is 0. The monoisotopic (exact) mass is 208 g/mol. The molecule has 0 aromatic carbocycles. The second-order valence-electron chi connectivity index (χ2n) is 3.75. The topological polar surface area (TPSA) is 134 Å². The van der Waals surface area contributed by atoms with Gasteiger partial charge in [0.2, 0.25) is 11.8 Å². The Kier molecular flexibility index (Phi) is 3.81. The first-order chi connectivity index (χ1) is 6.78. The molecule has 0 aliphatic rings. The highest BCUT2D eigenvalue weighted by Crippen LogP contribution is 2.34. The van der Waals surface area contributed by atoms with Gasteiger partial charge in [-0.1, -0.05) is 13.8 Å². The fourth-order valence-electron chi connectivity index (χ4n) is 1.36. The average molecular weight is 208 g/mol. The minimum atomic E-state index is -1.23. The minimum absolute atomic E-state index is 0.871. The molecule has 80 valence electrons. The molecule has 0 spiro atoms. The molecular formula is C9H12N4O2. The highest BCUT2D eigenvalue weighted by molar-refractivity contribution is 5.84.